The lowest BCUT2D eigenvalue weighted by atomic mass is 10.4. The topological polar surface area (TPSA) is 66.5 Å². The number of rotatable bonds is 4. The van der Waals surface area contributed by atoms with E-state index in [0.717, 1.165) is 28.4 Å². The number of anilines is 1. The van der Waals surface area contributed by atoms with Crippen molar-refractivity contribution in [2.45, 2.75) is 11.6 Å². The van der Waals surface area contributed by atoms with Gasteiger partial charge in [-0.25, -0.2) is 9.97 Å². The number of hydrogen-bond donors (Lipinski definition) is 2. The summed E-state index contributed by atoms with van der Waals surface area (Å²) in [5.74, 6) is 0.825. The zero-order chi connectivity index (χ0) is 12.4. The molecule has 3 rings (SSSR count). The molecule has 0 saturated heterocycles. The van der Waals surface area contributed by atoms with Gasteiger partial charge in [-0.05, 0) is 17.7 Å². The van der Waals surface area contributed by atoms with Crippen molar-refractivity contribution in [1.29, 1.82) is 0 Å². The predicted molar refractivity (Wildman–Crippen MR) is 75.1 cm³/mol. The Morgan fingerprint density at radius 1 is 1.44 bits per heavy atom. The Morgan fingerprint density at radius 2 is 2.39 bits per heavy atom. The highest BCUT2D eigenvalue weighted by molar-refractivity contribution is 7.98. The van der Waals surface area contributed by atoms with E-state index in [1.54, 1.807) is 29.4 Å². The van der Waals surface area contributed by atoms with Crippen LogP contribution in [-0.2, 0) is 6.54 Å². The molecule has 0 fully saturated rings. The standard InChI is InChI=1S/C11H11N5S2/c1-17-11-8-9(12-5-7-3-2-4-18-7)13-6-14-10(8)15-16-11/h2-4,6H,5H2,1H3,(H2,12,13,14,15,16). The van der Waals surface area contributed by atoms with Crippen LogP contribution in [0.25, 0.3) is 11.0 Å². The summed E-state index contributed by atoms with van der Waals surface area (Å²) in [6.07, 6.45) is 3.53. The number of fused-ring (bicyclic) bond motifs is 1. The molecular formula is C11H11N5S2. The molecule has 0 amide bonds. The molecule has 0 saturated carbocycles. The second-order valence-corrected chi connectivity index (χ2v) is 5.44. The second-order valence-electron chi connectivity index (χ2n) is 3.61. The molecule has 3 heterocycles. The fraction of sp³-hybridized carbons (Fsp3) is 0.182. The van der Waals surface area contributed by atoms with E-state index in [4.69, 9.17) is 0 Å². The number of H-pyrrole nitrogens is 1. The normalized spacial score (nSPS) is 10.9. The van der Waals surface area contributed by atoms with Crippen molar-refractivity contribution >= 4 is 39.9 Å². The first-order valence-electron chi connectivity index (χ1n) is 5.38. The minimum absolute atomic E-state index is 0.767. The maximum absolute atomic E-state index is 4.30. The highest BCUT2D eigenvalue weighted by Crippen LogP contribution is 2.27. The van der Waals surface area contributed by atoms with Crippen LogP contribution in [0.2, 0.25) is 0 Å². The van der Waals surface area contributed by atoms with Crippen LogP contribution < -0.4 is 5.32 Å². The molecule has 2 N–H and O–H groups in total. The van der Waals surface area contributed by atoms with Gasteiger partial charge in [-0.15, -0.1) is 23.1 Å². The number of aromatic nitrogens is 4. The van der Waals surface area contributed by atoms with E-state index in [9.17, 15) is 0 Å². The Labute approximate surface area is 112 Å². The van der Waals surface area contributed by atoms with Crippen LogP contribution in [0.1, 0.15) is 4.88 Å². The van der Waals surface area contributed by atoms with Gasteiger partial charge in [0, 0.05) is 4.88 Å². The molecule has 92 valence electrons. The molecule has 0 unspecified atom stereocenters. The Kier molecular flexibility index (Phi) is 3.16. The lowest BCUT2D eigenvalue weighted by molar-refractivity contribution is 1.02. The summed E-state index contributed by atoms with van der Waals surface area (Å²) < 4.78 is 0. The van der Waals surface area contributed by atoms with Crippen LogP contribution in [-0.4, -0.2) is 26.4 Å². The molecule has 0 aliphatic heterocycles. The third-order valence-corrected chi connectivity index (χ3v) is 4.09. The fourth-order valence-electron chi connectivity index (χ4n) is 1.70. The van der Waals surface area contributed by atoms with Gasteiger partial charge in [0.25, 0.3) is 0 Å². The summed E-state index contributed by atoms with van der Waals surface area (Å²) >= 11 is 3.31. The van der Waals surface area contributed by atoms with Gasteiger partial charge in [-0.3, -0.25) is 5.10 Å². The fourth-order valence-corrected chi connectivity index (χ4v) is 2.88. The highest BCUT2D eigenvalue weighted by Gasteiger charge is 2.11. The number of hydrogen-bond acceptors (Lipinski definition) is 6. The maximum atomic E-state index is 4.30. The van der Waals surface area contributed by atoms with E-state index in [2.05, 4.69) is 36.9 Å². The Morgan fingerprint density at radius 3 is 3.17 bits per heavy atom. The molecule has 3 aromatic heterocycles. The third-order valence-electron chi connectivity index (χ3n) is 2.53. The molecular weight excluding hydrogens is 266 g/mol. The van der Waals surface area contributed by atoms with Crippen LogP contribution >= 0.6 is 23.1 Å². The number of nitrogens with zero attached hydrogens (tertiary/aromatic N) is 3. The number of nitrogens with one attached hydrogen (secondary N) is 2. The van der Waals surface area contributed by atoms with Crippen molar-refractivity contribution < 1.29 is 0 Å². The van der Waals surface area contributed by atoms with Crippen LogP contribution in [0.4, 0.5) is 5.82 Å². The maximum Gasteiger partial charge on any atom is 0.161 e. The van der Waals surface area contributed by atoms with Crippen LogP contribution in [0.3, 0.4) is 0 Å². The number of aromatic amines is 1. The van der Waals surface area contributed by atoms with Gasteiger partial charge in [-0.1, -0.05) is 6.07 Å². The SMILES string of the molecule is CSc1n[nH]c2ncnc(NCc3cccs3)c12. The molecule has 0 aliphatic rings. The van der Waals surface area contributed by atoms with Crippen LogP contribution in [0.15, 0.2) is 28.9 Å². The van der Waals surface area contributed by atoms with Crippen LogP contribution in [0, 0.1) is 0 Å². The molecule has 0 atom stereocenters. The summed E-state index contributed by atoms with van der Waals surface area (Å²) in [4.78, 5) is 9.75. The van der Waals surface area contributed by atoms with Gasteiger partial charge >= 0.3 is 0 Å². The van der Waals surface area contributed by atoms with E-state index >= 15 is 0 Å². The average Bonchev–Trinajstić information content (AvgIpc) is 3.05. The van der Waals surface area contributed by atoms with Crippen molar-refractivity contribution in [2.24, 2.45) is 0 Å². The Hall–Kier alpha value is -1.60. The summed E-state index contributed by atoms with van der Waals surface area (Å²) in [5, 5.41) is 14.4. The summed E-state index contributed by atoms with van der Waals surface area (Å²) in [5.41, 5.74) is 0.767. The molecule has 0 radical (unpaired) electrons. The molecule has 0 aliphatic carbocycles. The van der Waals surface area contributed by atoms with Gasteiger partial charge in [0.2, 0.25) is 0 Å². The predicted octanol–water partition coefficient (Wildman–Crippen LogP) is 2.75. The van der Waals surface area contributed by atoms with Crippen molar-refractivity contribution in [3.8, 4) is 0 Å². The minimum atomic E-state index is 0.767. The van der Waals surface area contributed by atoms with Crippen molar-refractivity contribution in [3.63, 3.8) is 0 Å². The average molecular weight is 277 g/mol. The van der Waals surface area contributed by atoms with Gasteiger partial charge < -0.3 is 5.32 Å². The van der Waals surface area contributed by atoms with Gasteiger partial charge in [0.05, 0.1) is 11.9 Å². The van der Waals surface area contributed by atoms with E-state index in [1.807, 2.05) is 12.3 Å². The number of thioether (sulfide) groups is 1. The molecule has 0 aromatic carbocycles. The van der Waals surface area contributed by atoms with Crippen molar-refractivity contribution in [3.05, 3.63) is 28.7 Å². The molecule has 0 bridgehead atoms. The summed E-state index contributed by atoms with van der Waals surface area (Å²) in [7, 11) is 0. The lowest BCUT2D eigenvalue weighted by Crippen LogP contribution is -2.00. The van der Waals surface area contributed by atoms with Gasteiger partial charge in [0.15, 0.2) is 5.65 Å². The smallest absolute Gasteiger partial charge is 0.161 e. The second kappa shape index (κ2) is 4.95. The first-order chi connectivity index (χ1) is 8.88. The van der Waals surface area contributed by atoms with E-state index < -0.39 is 0 Å². The molecule has 5 nitrogen and oxygen atoms in total. The monoisotopic (exact) mass is 277 g/mol. The third kappa shape index (κ3) is 2.06. The van der Waals surface area contributed by atoms with Crippen LogP contribution in [0.5, 0.6) is 0 Å². The van der Waals surface area contributed by atoms with E-state index in [0.29, 0.717) is 0 Å². The molecule has 7 heteroatoms. The highest BCUT2D eigenvalue weighted by atomic mass is 32.2. The first kappa shape index (κ1) is 11.5. The van der Waals surface area contributed by atoms with E-state index in [-0.39, 0.29) is 0 Å². The molecule has 0 spiro atoms. The number of thiophene rings is 1. The zero-order valence-electron chi connectivity index (χ0n) is 9.67. The van der Waals surface area contributed by atoms with Crippen molar-refractivity contribution in [1.82, 2.24) is 20.2 Å². The first-order valence-corrected chi connectivity index (χ1v) is 7.48. The van der Waals surface area contributed by atoms with Gasteiger partial charge in [-0.2, -0.15) is 5.10 Å². The minimum Gasteiger partial charge on any atom is -0.364 e. The van der Waals surface area contributed by atoms with Crippen molar-refractivity contribution in [2.75, 3.05) is 11.6 Å². The van der Waals surface area contributed by atoms with Gasteiger partial charge in [0.1, 0.15) is 17.2 Å². The zero-order valence-corrected chi connectivity index (χ0v) is 11.3. The summed E-state index contributed by atoms with van der Waals surface area (Å²) in [6.45, 7) is 0.767. The Bertz CT molecular complexity index is 647. The largest absolute Gasteiger partial charge is 0.364 e. The lowest BCUT2D eigenvalue weighted by Gasteiger charge is -2.05. The van der Waals surface area contributed by atoms with E-state index in [1.165, 1.54) is 4.88 Å². The Balaban J connectivity index is 1.93. The molecule has 18 heavy (non-hydrogen) atoms. The quantitative estimate of drug-likeness (QED) is 0.718. The molecule has 3 aromatic rings. The summed E-state index contributed by atoms with van der Waals surface area (Å²) in [6, 6.07) is 4.14.